The Balaban J connectivity index is 1.29. The summed E-state index contributed by atoms with van der Waals surface area (Å²) in [4.78, 5) is 5.34. The fourth-order valence-electron chi connectivity index (χ4n) is 5.18. The second kappa shape index (κ2) is 8.63. The highest BCUT2D eigenvalue weighted by Gasteiger charge is 2.32. The van der Waals surface area contributed by atoms with Gasteiger partial charge in [-0.05, 0) is 47.2 Å². The molecule has 30 heavy (non-hydrogen) atoms. The zero-order valence-corrected chi connectivity index (χ0v) is 17.7. The van der Waals surface area contributed by atoms with Crippen LogP contribution in [0.5, 0.6) is 5.75 Å². The van der Waals surface area contributed by atoms with E-state index in [2.05, 4.69) is 88.7 Å². The maximum absolute atomic E-state index is 5.42. The molecule has 0 N–H and O–H groups in total. The molecule has 154 valence electrons. The van der Waals surface area contributed by atoms with Crippen molar-refractivity contribution in [2.45, 2.75) is 38.0 Å². The maximum Gasteiger partial charge on any atom is 0.119 e. The predicted molar refractivity (Wildman–Crippen MR) is 122 cm³/mol. The molecule has 5 rings (SSSR count). The standard InChI is InChI=1S/C27H30N2O/c1-30-26-13-12-23-19-29(20-24(23)18-26)25-14-16-28(17-15-25)27(21-8-4-2-5-9-21)22-10-6-3-7-11-22/h2-13,18,25,27H,14-17,19-20H2,1H3. The van der Waals surface area contributed by atoms with Crippen LogP contribution in [0.2, 0.25) is 0 Å². The summed E-state index contributed by atoms with van der Waals surface area (Å²) in [5, 5.41) is 0. The molecule has 3 aromatic carbocycles. The number of hydrogen-bond donors (Lipinski definition) is 0. The third-order valence-electron chi connectivity index (χ3n) is 6.77. The second-order valence-electron chi connectivity index (χ2n) is 8.53. The van der Waals surface area contributed by atoms with Crippen molar-refractivity contribution in [3.05, 3.63) is 101 Å². The lowest BCUT2D eigenvalue weighted by Crippen LogP contribution is -2.44. The van der Waals surface area contributed by atoms with E-state index in [1.54, 1.807) is 7.11 Å². The fourth-order valence-corrected chi connectivity index (χ4v) is 5.18. The molecule has 2 aliphatic heterocycles. The molecule has 1 saturated heterocycles. The van der Waals surface area contributed by atoms with Crippen molar-refractivity contribution >= 4 is 0 Å². The summed E-state index contributed by atoms with van der Waals surface area (Å²) in [5.74, 6) is 0.971. The number of fused-ring (bicyclic) bond motifs is 1. The van der Waals surface area contributed by atoms with Gasteiger partial charge in [-0.25, -0.2) is 0 Å². The topological polar surface area (TPSA) is 15.7 Å². The molecule has 3 aromatic rings. The summed E-state index contributed by atoms with van der Waals surface area (Å²) >= 11 is 0. The average Bonchev–Trinajstić information content (AvgIpc) is 3.24. The minimum Gasteiger partial charge on any atom is -0.497 e. The van der Waals surface area contributed by atoms with E-state index in [9.17, 15) is 0 Å². The first kappa shape index (κ1) is 19.3. The highest BCUT2D eigenvalue weighted by atomic mass is 16.5. The van der Waals surface area contributed by atoms with Crippen LogP contribution in [0.15, 0.2) is 78.9 Å². The number of benzene rings is 3. The van der Waals surface area contributed by atoms with Crippen LogP contribution in [0.25, 0.3) is 0 Å². The normalized spacial score (nSPS) is 17.9. The largest absolute Gasteiger partial charge is 0.497 e. The number of hydrogen-bond acceptors (Lipinski definition) is 3. The maximum atomic E-state index is 5.42. The number of rotatable bonds is 5. The summed E-state index contributed by atoms with van der Waals surface area (Å²) in [6.07, 6.45) is 2.45. The molecule has 0 saturated carbocycles. The molecule has 3 nitrogen and oxygen atoms in total. The van der Waals surface area contributed by atoms with Crippen molar-refractivity contribution in [1.82, 2.24) is 9.80 Å². The van der Waals surface area contributed by atoms with Gasteiger partial charge in [-0.15, -0.1) is 0 Å². The van der Waals surface area contributed by atoms with Crippen LogP contribution in [0, 0.1) is 0 Å². The van der Waals surface area contributed by atoms with Crippen molar-refractivity contribution < 1.29 is 4.74 Å². The Morgan fingerprint density at radius 1 is 0.767 bits per heavy atom. The highest BCUT2D eigenvalue weighted by molar-refractivity contribution is 5.38. The summed E-state index contributed by atoms with van der Waals surface area (Å²) in [6.45, 7) is 4.40. The zero-order chi connectivity index (χ0) is 20.3. The number of methoxy groups -OCH3 is 1. The van der Waals surface area contributed by atoms with Crippen LogP contribution in [-0.4, -0.2) is 36.0 Å². The van der Waals surface area contributed by atoms with Crippen LogP contribution in [0.4, 0.5) is 0 Å². The minimum atomic E-state index is 0.341. The van der Waals surface area contributed by atoms with Gasteiger partial charge in [-0.2, -0.15) is 0 Å². The lowest BCUT2D eigenvalue weighted by molar-refractivity contribution is 0.0912. The van der Waals surface area contributed by atoms with Gasteiger partial charge >= 0.3 is 0 Å². The Labute approximate surface area is 179 Å². The molecule has 3 heteroatoms. The Morgan fingerprint density at radius 2 is 1.37 bits per heavy atom. The van der Waals surface area contributed by atoms with Gasteiger partial charge in [0.1, 0.15) is 5.75 Å². The summed E-state index contributed by atoms with van der Waals surface area (Å²) < 4.78 is 5.42. The summed E-state index contributed by atoms with van der Waals surface area (Å²) in [6, 6.07) is 29.5. The van der Waals surface area contributed by atoms with Gasteiger partial charge in [0.2, 0.25) is 0 Å². The third-order valence-corrected chi connectivity index (χ3v) is 6.77. The van der Waals surface area contributed by atoms with E-state index in [-0.39, 0.29) is 0 Å². The van der Waals surface area contributed by atoms with Crippen molar-refractivity contribution in [1.29, 1.82) is 0 Å². The molecule has 0 radical (unpaired) electrons. The van der Waals surface area contributed by atoms with Crippen LogP contribution >= 0.6 is 0 Å². The Kier molecular flexibility index (Phi) is 5.56. The monoisotopic (exact) mass is 398 g/mol. The van der Waals surface area contributed by atoms with Crippen LogP contribution < -0.4 is 4.74 Å². The summed E-state index contributed by atoms with van der Waals surface area (Å²) in [5.41, 5.74) is 5.68. The molecule has 0 spiro atoms. The van der Waals surface area contributed by atoms with Gasteiger partial charge in [0.15, 0.2) is 0 Å². The van der Waals surface area contributed by atoms with E-state index in [4.69, 9.17) is 4.74 Å². The van der Waals surface area contributed by atoms with E-state index in [0.29, 0.717) is 12.1 Å². The summed E-state index contributed by atoms with van der Waals surface area (Å²) in [7, 11) is 1.75. The Morgan fingerprint density at radius 3 is 1.97 bits per heavy atom. The Bertz CT molecular complexity index is 925. The van der Waals surface area contributed by atoms with E-state index in [0.717, 1.165) is 31.9 Å². The molecule has 1 fully saturated rings. The average molecular weight is 399 g/mol. The van der Waals surface area contributed by atoms with E-state index in [1.807, 2.05) is 0 Å². The van der Waals surface area contributed by atoms with Gasteiger partial charge < -0.3 is 4.74 Å². The fraction of sp³-hybridized carbons (Fsp3) is 0.333. The number of nitrogens with zero attached hydrogens (tertiary/aromatic N) is 2. The number of likely N-dealkylation sites (tertiary alicyclic amines) is 1. The first-order valence-electron chi connectivity index (χ1n) is 11.1. The number of piperidine rings is 1. The van der Waals surface area contributed by atoms with Gasteiger partial charge in [-0.1, -0.05) is 66.7 Å². The SMILES string of the molecule is COc1ccc2c(c1)CN(C1CCN(C(c3ccccc3)c3ccccc3)CC1)C2. The van der Waals surface area contributed by atoms with Crippen molar-refractivity contribution in [3.8, 4) is 5.75 Å². The molecule has 0 bridgehead atoms. The molecule has 0 aromatic heterocycles. The van der Waals surface area contributed by atoms with E-state index >= 15 is 0 Å². The van der Waals surface area contributed by atoms with Crippen LogP contribution in [-0.2, 0) is 13.1 Å². The zero-order valence-electron chi connectivity index (χ0n) is 17.7. The first-order valence-corrected chi connectivity index (χ1v) is 11.1. The lowest BCUT2D eigenvalue weighted by atomic mass is 9.93. The predicted octanol–water partition coefficient (Wildman–Crippen LogP) is 5.26. The lowest BCUT2D eigenvalue weighted by Gasteiger charge is -2.40. The van der Waals surface area contributed by atoms with Gasteiger partial charge in [0.05, 0.1) is 13.2 Å². The molecule has 0 unspecified atom stereocenters. The van der Waals surface area contributed by atoms with Gasteiger partial charge in [0.25, 0.3) is 0 Å². The Hall–Kier alpha value is -2.62. The molecular formula is C27H30N2O. The van der Waals surface area contributed by atoms with Gasteiger partial charge in [0, 0.05) is 32.2 Å². The molecule has 2 aliphatic rings. The quantitative estimate of drug-likeness (QED) is 0.583. The second-order valence-corrected chi connectivity index (χ2v) is 8.53. The molecule has 0 atom stereocenters. The molecule has 2 heterocycles. The van der Waals surface area contributed by atoms with Gasteiger partial charge in [-0.3, -0.25) is 9.80 Å². The van der Waals surface area contributed by atoms with E-state index in [1.165, 1.54) is 35.1 Å². The molecular weight excluding hydrogens is 368 g/mol. The van der Waals surface area contributed by atoms with Crippen LogP contribution in [0.1, 0.15) is 41.1 Å². The highest BCUT2D eigenvalue weighted by Crippen LogP contribution is 2.34. The van der Waals surface area contributed by atoms with E-state index < -0.39 is 0 Å². The molecule has 0 amide bonds. The van der Waals surface area contributed by atoms with Crippen molar-refractivity contribution in [2.24, 2.45) is 0 Å². The third kappa shape index (κ3) is 3.88. The van der Waals surface area contributed by atoms with Crippen LogP contribution in [0.3, 0.4) is 0 Å². The minimum absolute atomic E-state index is 0.341. The first-order chi connectivity index (χ1) is 14.8. The van der Waals surface area contributed by atoms with Crippen molar-refractivity contribution in [2.75, 3.05) is 20.2 Å². The number of ether oxygens (including phenoxy) is 1. The smallest absolute Gasteiger partial charge is 0.119 e. The molecule has 0 aliphatic carbocycles. The van der Waals surface area contributed by atoms with Crippen molar-refractivity contribution in [3.63, 3.8) is 0 Å².